The summed E-state index contributed by atoms with van der Waals surface area (Å²) in [4.78, 5) is 25.5. The summed E-state index contributed by atoms with van der Waals surface area (Å²) >= 11 is 0. The van der Waals surface area contributed by atoms with E-state index in [1.54, 1.807) is 17.0 Å². The van der Waals surface area contributed by atoms with E-state index >= 15 is 0 Å². The molecular weight excluding hydrogens is 504 g/mol. The monoisotopic (exact) mass is 542 g/mol. The van der Waals surface area contributed by atoms with E-state index in [0.29, 0.717) is 35.9 Å². The molecule has 210 valence electrons. The molecule has 2 aromatic carbocycles. The van der Waals surface area contributed by atoms with Crippen molar-refractivity contribution in [2.45, 2.75) is 52.2 Å². The van der Waals surface area contributed by atoms with Crippen molar-refractivity contribution in [3.05, 3.63) is 77.6 Å². The van der Waals surface area contributed by atoms with Gasteiger partial charge in [0.15, 0.2) is 0 Å². The summed E-state index contributed by atoms with van der Waals surface area (Å²) in [7, 11) is 0. The van der Waals surface area contributed by atoms with E-state index in [1.165, 1.54) is 11.1 Å². The van der Waals surface area contributed by atoms with Crippen molar-refractivity contribution in [2.75, 3.05) is 31.9 Å². The predicted octanol–water partition coefficient (Wildman–Crippen LogP) is 4.91. The molecule has 4 aromatic rings. The van der Waals surface area contributed by atoms with Crippen LogP contribution in [0.2, 0.25) is 0 Å². The summed E-state index contributed by atoms with van der Waals surface area (Å²) in [6.45, 7) is 9.61. The van der Waals surface area contributed by atoms with Crippen LogP contribution in [-0.4, -0.2) is 67.1 Å². The Morgan fingerprint density at radius 1 is 0.950 bits per heavy atom. The van der Waals surface area contributed by atoms with Gasteiger partial charge in [0.2, 0.25) is 5.78 Å². The number of imidazole rings is 1. The fourth-order valence-electron chi connectivity index (χ4n) is 4.96. The Balaban J connectivity index is 1.11. The number of carbonyl (C=O) groups excluding carboxylic acids is 1. The number of nitrogen functional groups attached to an aromatic ring is 1. The number of benzene rings is 2. The van der Waals surface area contributed by atoms with Crippen molar-refractivity contribution >= 4 is 17.7 Å². The summed E-state index contributed by atoms with van der Waals surface area (Å²) in [5.41, 5.74) is 10.7. The van der Waals surface area contributed by atoms with Gasteiger partial charge in [0.05, 0.1) is 5.69 Å². The number of carbonyl (C=O) groups is 1. The first-order valence-corrected chi connectivity index (χ1v) is 13.9. The first-order valence-electron chi connectivity index (χ1n) is 13.9. The maximum absolute atomic E-state index is 12.3. The minimum Gasteiger partial charge on any atom is -0.507 e. The summed E-state index contributed by atoms with van der Waals surface area (Å²) in [6, 6.07) is 15.9. The van der Waals surface area contributed by atoms with Gasteiger partial charge in [-0.25, -0.2) is 9.78 Å². The molecule has 0 radical (unpaired) electrons. The number of anilines is 1. The lowest BCUT2D eigenvalue weighted by atomic mass is 10.0. The van der Waals surface area contributed by atoms with E-state index in [4.69, 9.17) is 10.5 Å². The SMILES string of the molecule is CC(C)(C)OC(=O)N1CCN(Cc2ccc(CCCc3cn4cc(-c5ccccc5O)nc4nc3N)cc2)CC1. The molecule has 0 unspecified atom stereocenters. The van der Waals surface area contributed by atoms with E-state index in [2.05, 4.69) is 39.1 Å². The smallest absolute Gasteiger partial charge is 0.410 e. The lowest BCUT2D eigenvalue weighted by molar-refractivity contribution is 0.0139. The Hall–Kier alpha value is -4.11. The van der Waals surface area contributed by atoms with Crippen LogP contribution in [0.3, 0.4) is 0 Å². The molecule has 9 nitrogen and oxygen atoms in total. The van der Waals surface area contributed by atoms with Crippen molar-refractivity contribution in [1.29, 1.82) is 0 Å². The minimum absolute atomic E-state index is 0.186. The van der Waals surface area contributed by atoms with Gasteiger partial charge in [-0.1, -0.05) is 36.4 Å². The van der Waals surface area contributed by atoms with Crippen molar-refractivity contribution in [1.82, 2.24) is 24.2 Å². The number of phenolic OH excluding ortho intramolecular Hbond substituents is 1. The number of fused-ring (bicyclic) bond motifs is 1. The fourth-order valence-corrected chi connectivity index (χ4v) is 4.96. The van der Waals surface area contributed by atoms with Crippen LogP contribution in [-0.2, 0) is 24.1 Å². The first-order chi connectivity index (χ1) is 19.1. The number of aromatic nitrogens is 3. The maximum Gasteiger partial charge on any atom is 0.410 e. The third-order valence-electron chi connectivity index (χ3n) is 7.10. The predicted molar refractivity (Wildman–Crippen MR) is 156 cm³/mol. The minimum atomic E-state index is -0.467. The molecule has 0 saturated carbocycles. The van der Waals surface area contributed by atoms with Crippen LogP contribution in [0.5, 0.6) is 5.75 Å². The lowest BCUT2D eigenvalue weighted by Crippen LogP contribution is -2.49. The van der Waals surface area contributed by atoms with Crippen molar-refractivity contribution in [3.8, 4) is 17.0 Å². The number of phenols is 1. The molecule has 9 heteroatoms. The van der Waals surface area contributed by atoms with Gasteiger partial charge in [-0.3, -0.25) is 9.30 Å². The largest absolute Gasteiger partial charge is 0.507 e. The average molecular weight is 543 g/mol. The maximum atomic E-state index is 12.3. The highest BCUT2D eigenvalue weighted by molar-refractivity contribution is 5.69. The number of nitrogens with two attached hydrogens (primary N) is 1. The number of aryl methyl sites for hydroxylation is 2. The second-order valence-corrected chi connectivity index (χ2v) is 11.4. The number of aromatic hydroxyl groups is 1. The third kappa shape index (κ3) is 6.71. The van der Waals surface area contributed by atoms with E-state index < -0.39 is 5.60 Å². The van der Waals surface area contributed by atoms with Crippen LogP contribution in [0.1, 0.15) is 43.9 Å². The quantitative estimate of drug-likeness (QED) is 0.341. The highest BCUT2D eigenvalue weighted by atomic mass is 16.6. The van der Waals surface area contributed by atoms with Gasteiger partial charge in [-0.2, -0.15) is 4.98 Å². The van der Waals surface area contributed by atoms with E-state index in [9.17, 15) is 9.90 Å². The Morgan fingerprint density at radius 3 is 2.35 bits per heavy atom. The molecule has 40 heavy (non-hydrogen) atoms. The van der Waals surface area contributed by atoms with Gasteiger partial charge < -0.3 is 20.5 Å². The number of hydrogen-bond donors (Lipinski definition) is 2. The highest BCUT2D eigenvalue weighted by Crippen LogP contribution is 2.28. The van der Waals surface area contributed by atoms with Crippen LogP contribution in [0.15, 0.2) is 60.9 Å². The van der Waals surface area contributed by atoms with Crippen molar-refractivity contribution in [2.24, 2.45) is 0 Å². The van der Waals surface area contributed by atoms with E-state index in [0.717, 1.165) is 44.5 Å². The molecule has 1 aliphatic heterocycles. The zero-order valence-electron chi connectivity index (χ0n) is 23.5. The number of amides is 1. The molecule has 5 rings (SSSR count). The number of piperazine rings is 1. The topological polar surface area (TPSA) is 109 Å². The zero-order chi connectivity index (χ0) is 28.3. The van der Waals surface area contributed by atoms with Crippen molar-refractivity contribution < 1.29 is 14.6 Å². The molecule has 3 heterocycles. The Morgan fingerprint density at radius 2 is 1.65 bits per heavy atom. The lowest BCUT2D eigenvalue weighted by Gasteiger charge is -2.35. The second kappa shape index (κ2) is 11.6. The average Bonchev–Trinajstić information content (AvgIpc) is 3.32. The molecule has 0 aliphatic carbocycles. The van der Waals surface area contributed by atoms with Crippen LogP contribution >= 0.6 is 0 Å². The highest BCUT2D eigenvalue weighted by Gasteiger charge is 2.25. The van der Waals surface area contributed by atoms with Gasteiger partial charge in [0, 0.05) is 56.2 Å². The second-order valence-electron chi connectivity index (χ2n) is 11.4. The normalized spacial score (nSPS) is 14.5. The molecule has 0 spiro atoms. The van der Waals surface area contributed by atoms with E-state index in [-0.39, 0.29) is 11.8 Å². The standard InChI is InChI=1S/C31H38N6O3/c1-31(2,3)40-30(39)36-17-15-35(16-18-36)19-23-13-11-22(12-14-23)7-6-8-24-20-37-21-26(33-29(37)34-28(24)32)25-9-4-5-10-27(25)38/h4-5,9-14,20-21,38H,6-8,15-19H2,1-3H3,(H2,32,33,34). The van der Waals surface area contributed by atoms with Gasteiger partial charge in [-0.05, 0) is 63.3 Å². The van der Waals surface area contributed by atoms with E-state index in [1.807, 2.05) is 49.7 Å². The van der Waals surface area contributed by atoms with Crippen LogP contribution < -0.4 is 5.73 Å². The number of nitrogens with zero attached hydrogens (tertiary/aromatic N) is 5. The summed E-state index contributed by atoms with van der Waals surface area (Å²) < 4.78 is 7.37. The van der Waals surface area contributed by atoms with Gasteiger partial charge >= 0.3 is 6.09 Å². The number of ether oxygens (including phenoxy) is 1. The third-order valence-corrected chi connectivity index (χ3v) is 7.10. The Kier molecular flexibility index (Phi) is 7.93. The number of para-hydroxylation sites is 1. The Bertz CT molecular complexity index is 1470. The van der Waals surface area contributed by atoms with Crippen molar-refractivity contribution in [3.63, 3.8) is 0 Å². The molecule has 3 N–H and O–H groups in total. The van der Waals surface area contributed by atoms with Gasteiger partial charge in [0.25, 0.3) is 0 Å². The Labute approximate surface area is 235 Å². The number of rotatable bonds is 7. The summed E-state index contributed by atoms with van der Waals surface area (Å²) in [6.07, 6.45) is 6.33. The molecule has 1 amide bonds. The molecule has 0 bridgehead atoms. The molecular formula is C31H38N6O3. The molecule has 1 aliphatic rings. The summed E-state index contributed by atoms with van der Waals surface area (Å²) in [5, 5.41) is 10.2. The fraction of sp³-hybridized carbons (Fsp3) is 0.387. The molecule has 0 atom stereocenters. The summed E-state index contributed by atoms with van der Waals surface area (Å²) in [5.74, 6) is 1.19. The van der Waals surface area contributed by atoms with Gasteiger partial charge in [0.1, 0.15) is 17.2 Å². The number of hydrogen-bond acceptors (Lipinski definition) is 7. The van der Waals surface area contributed by atoms with Gasteiger partial charge in [-0.15, -0.1) is 0 Å². The van der Waals surface area contributed by atoms with Crippen LogP contribution in [0.4, 0.5) is 10.6 Å². The molecule has 1 fully saturated rings. The zero-order valence-corrected chi connectivity index (χ0v) is 23.5. The molecule has 2 aromatic heterocycles. The molecule has 1 saturated heterocycles. The van der Waals surface area contributed by atoms with Crippen LogP contribution in [0, 0.1) is 0 Å². The van der Waals surface area contributed by atoms with Crippen LogP contribution in [0.25, 0.3) is 17.0 Å². The first kappa shape index (κ1) is 27.5.